The number of hydrogen-bond donors (Lipinski definition) is 1. The number of fused-ring (bicyclic) bond motifs is 2. The number of likely N-dealkylation sites (tertiary alicyclic amines) is 1. The average Bonchev–Trinajstić information content (AvgIpc) is 3.32. The summed E-state index contributed by atoms with van der Waals surface area (Å²) in [6, 6.07) is 9.24. The highest BCUT2D eigenvalue weighted by Crippen LogP contribution is 2.38. The summed E-state index contributed by atoms with van der Waals surface area (Å²) in [6.45, 7) is 6.57. The van der Waals surface area contributed by atoms with E-state index in [1.54, 1.807) is 0 Å². The van der Waals surface area contributed by atoms with Crippen molar-refractivity contribution in [1.82, 2.24) is 24.8 Å². The smallest absolute Gasteiger partial charge is 0.131 e. The fourth-order valence-electron chi connectivity index (χ4n) is 4.93. The maximum Gasteiger partial charge on any atom is 0.131 e. The Morgan fingerprint density at radius 3 is 2.76 bits per heavy atom. The van der Waals surface area contributed by atoms with Crippen molar-refractivity contribution in [2.24, 2.45) is 0 Å². The molecule has 3 aromatic rings. The molecule has 3 aliphatic rings. The fourth-order valence-corrected chi connectivity index (χ4v) is 4.93. The molecular weight excluding hydrogens is 358 g/mol. The number of aromatic amines is 1. The molecule has 6 rings (SSSR count). The van der Waals surface area contributed by atoms with Gasteiger partial charge in [0.2, 0.25) is 0 Å². The summed E-state index contributed by atoms with van der Waals surface area (Å²) in [4.78, 5) is 18.2. The van der Waals surface area contributed by atoms with Gasteiger partial charge < -0.3 is 4.98 Å². The molecule has 0 unspecified atom stereocenters. The summed E-state index contributed by atoms with van der Waals surface area (Å²) in [6.07, 6.45) is 8.36. The first kappa shape index (κ1) is 17.6. The normalized spacial score (nSPS) is 20.4. The zero-order chi connectivity index (χ0) is 19.2. The van der Waals surface area contributed by atoms with E-state index in [1.807, 2.05) is 0 Å². The van der Waals surface area contributed by atoms with Gasteiger partial charge in [-0.3, -0.25) is 9.80 Å². The van der Waals surface area contributed by atoms with E-state index in [-0.39, 0.29) is 0 Å². The van der Waals surface area contributed by atoms with Crippen molar-refractivity contribution in [2.75, 3.05) is 19.6 Å². The van der Waals surface area contributed by atoms with Crippen LogP contribution in [-0.4, -0.2) is 44.4 Å². The molecule has 0 atom stereocenters. The minimum Gasteiger partial charge on any atom is -0.357 e. The first-order valence-electron chi connectivity index (χ1n) is 11.2. The molecule has 1 saturated heterocycles. The number of H-pyrrole nitrogens is 1. The van der Waals surface area contributed by atoms with Crippen LogP contribution in [0.15, 0.2) is 30.5 Å². The van der Waals surface area contributed by atoms with Gasteiger partial charge in [-0.15, -0.1) is 0 Å². The first-order chi connectivity index (χ1) is 14.3. The van der Waals surface area contributed by atoms with Crippen molar-refractivity contribution < 1.29 is 0 Å². The number of benzene rings is 1. The number of hydrogen-bond acceptors (Lipinski definition) is 4. The minimum atomic E-state index is 0.641. The van der Waals surface area contributed by atoms with E-state index in [0.29, 0.717) is 5.92 Å². The Kier molecular flexibility index (Phi) is 4.38. The second-order valence-corrected chi connectivity index (χ2v) is 9.13. The van der Waals surface area contributed by atoms with Crippen LogP contribution in [-0.2, 0) is 26.1 Å². The van der Waals surface area contributed by atoms with E-state index in [4.69, 9.17) is 4.98 Å². The lowest BCUT2D eigenvalue weighted by Crippen LogP contribution is -2.31. The molecule has 1 aliphatic carbocycles. The van der Waals surface area contributed by atoms with Gasteiger partial charge in [0.1, 0.15) is 5.82 Å². The lowest BCUT2D eigenvalue weighted by molar-refractivity contribution is 0.242. The zero-order valence-electron chi connectivity index (χ0n) is 17.0. The Balaban J connectivity index is 1.15. The first-order valence-corrected chi connectivity index (χ1v) is 11.2. The zero-order valence-corrected chi connectivity index (χ0v) is 17.0. The third-order valence-electron chi connectivity index (χ3n) is 6.71. The fraction of sp³-hybridized carbons (Fsp3) is 0.500. The van der Waals surface area contributed by atoms with Gasteiger partial charge in [-0.2, -0.15) is 0 Å². The minimum absolute atomic E-state index is 0.641. The molecule has 4 heterocycles. The SMILES string of the molecule is c1cc2[nH]c(CN3CCCC3)cc2cc1CN1CCc2nc(C3CC3)ncc2C1. The third-order valence-corrected chi connectivity index (χ3v) is 6.71. The third kappa shape index (κ3) is 3.69. The molecule has 1 N–H and O–H groups in total. The summed E-state index contributed by atoms with van der Waals surface area (Å²) >= 11 is 0. The predicted octanol–water partition coefficient (Wildman–Crippen LogP) is 3.99. The second kappa shape index (κ2) is 7.22. The van der Waals surface area contributed by atoms with Gasteiger partial charge in [0.05, 0.1) is 0 Å². The molecule has 0 bridgehead atoms. The van der Waals surface area contributed by atoms with E-state index >= 15 is 0 Å². The maximum atomic E-state index is 4.86. The van der Waals surface area contributed by atoms with Crippen LogP contribution in [0.3, 0.4) is 0 Å². The molecule has 29 heavy (non-hydrogen) atoms. The molecule has 0 radical (unpaired) electrons. The van der Waals surface area contributed by atoms with E-state index in [9.17, 15) is 0 Å². The van der Waals surface area contributed by atoms with E-state index in [1.165, 1.54) is 72.2 Å². The quantitative estimate of drug-likeness (QED) is 0.719. The highest BCUT2D eigenvalue weighted by Gasteiger charge is 2.28. The lowest BCUT2D eigenvalue weighted by atomic mass is 10.1. The molecule has 150 valence electrons. The number of nitrogens with zero attached hydrogens (tertiary/aromatic N) is 4. The van der Waals surface area contributed by atoms with Crippen LogP contribution in [0.5, 0.6) is 0 Å². The molecular formula is C24H29N5. The number of aromatic nitrogens is 3. The Bertz CT molecular complexity index is 1030. The number of nitrogens with one attached hydrogen (secondary N) is 1. The van der Waals surface area contributed by atoms with Crippen LogP contribution in [0.4, 0.5) is 0 Å². The summed E-state index contributed by atoms with van der Waals surface area (Å²) in [5, 5.41) is 1.34. The van der Waals surface area contributed by atoms with Gasteiger partial charge in [0.15, 0.2) is 0 Å². The molecule has 0 spiro atoms. The van der Waals surface area contributed by atoms with Crippen molar-refractivity contribution in [1.29, 1.82) is 0 Å². The van der Waals surface area contributed by atoms with Crippen molar-refractivity contribution in [3.05, 3.63) is 58.8 Å². The van der Waals surface area contributed by atoms with E-state index in [0.717, 1.165) is 38.4 Å². The summed E-state index contributed by atoms with van der Waals surface area (Å²) in [7, 11) is 0. The standard InChI is InChI=1S/C24H29N5/c1-2-9-28(8-1)16-21-12-19-11-17(3-6-22(19)26-21)14-29-10-7-23-20(15-29)13-25-24(27-23)18-4-5-18/h3,6,11-13,18,26H,1-2,4-5,7-10,14-16H2. The van der Waals surface area contributed by atoms with Crippen molar-refractivity contribution in [3.8, 4) is 0 Å². The van der Waals surface area contributed by atoms with Crippen molar-refractivity contribution in [2.45, 2.75) is 57.7 Å². The maximum absolute atomic E-state index is 4.86. The molecule has 1 saturated carbocycles. The predicted molar refractivity (Wildman–Crippen MR) is 115 cm³/mol. The van der Waals surface area contributed by atoms with Crippen LogP contribution in [0.2, 0.25) is 0 Å². The monoisotopic (exact) mass is 387 g/mol. The van der Waals surface area contributed by atoms with Crippen molar-refractivity contribution >= 4 is 10.9 Å². The molecule has 1 aromatic carbocycles. The molecule has 2 aliphatic heterocycles. The van der Waals surface area contributed by atoms with Gasteiger partial charge in [-0.05, 0) is 62.5 Å². The summed E-state index contributed by atoms with van der Waals surface area (Å²) in [5.74, 6) is 1.72. The van der Waals surface area contributed by atoms with Gasteiger partial charge in [0.25, 0.3) is 0 Å². The summed E-state index contributed by atoms with van der Waals surface area (Å²) < 4.78 is 0. The highest BCUT2D eigenvalue weighted by molar-refractivity contribution is 5.81. The Morgan fingerprint density at radius 2 is 1.90 bits per heavy atom. The van der Waals surface area contributed by atoms with Crippen LogP contribution < -0.4 is 0 Å². The van der Waals surface area contributed by atoms with Crippen LogP contribution in [0.25, 0.3) is 10.9 Å². The molecule has 5 nitrogen and oxygen atoms in total. The van der Waals surface area contributed by atoms with Gasteiger partial charge in [-0.25, -0.2) is 9.97 Å². The van der Waals surface area contributed by atoms with Crippen LogP contribution >= 0.6 is 0 Å². The molecule has 0 amide bonds. The lowest BCUT2D eigenvalue weighted by Gasteiger charge is -2.28. The summed E-state index contributed by atoms with van der Waals surface area (Å²) in [5.41, 5.74) is 6.59. The molecule has 2 fully saturated rings. The van der Waals surface area contributed by atoms with Crippen LogP contribution in [0, 0.1) is 0 Å². The van der Waals surface area contributed by atoms with E-state index < -0.39 is 0 Å². The van der Waals surface area contributed by atoms with E-state index in [2.05, 4.69) is 50.2 Å². The van der Waals surface area contributed by atoms with Crippen LogP contribution in [0.1, 0.15) is 59.9 Å². The van der Waals surface area contributed by atoms with Crippen molar-refractivity contribution in [3.63, 3.8) is 0 Å². The highest BCUT2D eigenvalue weighted by atomic mass is 15.1. The largest absolute Gasteiger partial charge is 0.357 e. The molecule has 5 heteroatoms. The topological polar surface area (TPSA) is 48.1 Å². The Morgan fingerprint density at radius 1 is 1.00 bits per heavy atom. The molecule has 2 aromatic heterocycles. The van der Waals surface area contributed by atoms with Gasteiger partial charge >= 0.3 is 0 Å². The number of rotatable bonds is 5. The Labute approximate surface area is 172 Å². The second-order valence-electron chi connectivity index (χ2n) is 9.13. The van der Waals surface area contributed by atoms with Gasteiger partial charge in [0, 0.05) is 72.6 Å². The Hall–Kier alpha value is -2.24. The van der Waals surface area contributed by atoms with Gasteiger partial charge in [-0.1, -0.05) is 6.07 Å². The average molecular weight is 388 g/mol.